The number of methoxy groups -OCH3 is 3. The van der Waals surface area contributed by atoms with Gasteiger partial charge in [0, 0.05) is 64.0 Å². The van der Waals surface area contributed by atoms with E-state index in [2.05, 4.69) is 22.5 Å². The molecule has 0 aliphatic carbocycles. The Labute approximate surface area is 192 Å². The highest BCUT2D eigenvalue weighted by molar-refractivity contribution is 5.80. The lowest BCUT2D eigenvalue weighted by Crippen LogP contribution is -2.50. The Balaban J connectivity index is 1.95. The van der Waals surface area contributed by atoms with E-state index in [0.717, 1.165) is 55.5 Å². The molecule has 9 heteroatoms. The molecule has 0 atom stereocenters. The molecule has 0 saturated carbocycles. The van der Waals surface area contributed by atoms with Crippen LogP contribution in [-0.2, 0) is 11.2 Å². The van der Waals surface area contributed by atoms with Crippen molar-refractivity contribution in [3.05, 3.63) is 17.7 Å². The zero-order chi connectivity index (χ0) is 23.5. The number of carbonyl (C=O) groups is 1. The van der Waals surface area contributed by atoms with Crippen LogP contribution in [0.4, 0.5) is 0 Å². The number of hydrogen-bond donors (Lipinski definition) is 2. The summed E-state index contributed by atoms with van der Waals surface area (Å²) < 4.78 is 16.4. The summed E-state index contributed by atoms with van der Waals surface area (Å²) in [6.45, 7) is 5.72. The van der Waals surface area contributed by atoms with Crippen LogP contribution >= 0.6 is 0 Å². The van der Waals surface area contributed by atoms with Gasteiger partial charge in [0.25, 0.3) is 0 Å². The van der Waals surface area contributed by atoms with E-state index < -0.39 is 0 Å². The van der Waals surface area contributed by atoms with Crippen LogP contribution < -0.4 is 24.8 Å². The van der Waals surface area contributed by atoms with Crippen LogP contribution in [0.2, 0.25) is 0 Å². The molecule has 0 unspecified atom stereocenters. The molecule has 0 bridgehead atoms. The number of rotatable bonds is 10. The van der Waals surface area contributed by atoms with E-state index in [1.807, 2.05) is 12.1 Å². The minimum atomic E-state index is 0.149. The molecule has 1 amide bonds. The zero-order valence-electron chi connectivity index (χ0n) is 20.4. The first-order chi connectivity index (χ1) is 15.4. The normalized spacial score (nSPS) is 15.2. The van der Waals surface area contributed by atoms with Crippen molar-refractivity contribution < 1.29 is 19.0 Å². The fourth-order valence-electron chi connectivity index (χ4n) is 3.69. The predicted molar refractivity (Wildman–Crippen MR) is 127 cm³/mol. The first kappa shape index (κ1) is 25.6. The summed E-state index contributed by atoms with van der Waals surface area (Å²) >= 11 is 0. The molecular formula is C23H39N5O4. The molecule has 1 aromatic rings. The fraction of sp³-hybridized carbons (Fsp3) is 0.652. The average molecular weight is 450 g/mol. The van der Waals surface area contributed by atoms with Crippen molar-refractivity contribution >= 4 is 11.9 Å². The van der Waals surface area contributed by atoms with Gasteiger partial charge in [-0.25, -0.2) is 0 Å². The highest BCUT2D eigenvalue weighted by atomic mass is 16.5. The molecule has 9 nitrogen and oxygen atoms in total. The molecule has 1 saturated heterocycles. The zero-order valence-corrected chi connectivity index (χ0v) is 20.4. The second kappa shape index (κ2) is 13.0. The first-order valence-corrected chi connectivity index (χ1v) is 11.2. The summed E-state index contributed by atoms with van der Waals surface area (Å²) in [6, 6.07) is 4.06. The molecule has 0 spiro atoms. The summed E-state index contributed by atoms with van der Waals surface area (Å²) in [4.78, 5) is 20.6. The quantitative estimate of drug-likeness (QED) is 0.412. The highest BCUT2D eigenvalue weighted by Crippen LogP contribution is 2.34. The van der Waals surface area contributed by atoms with Gasteiger partial charge in [-0.1, -0.05) is 0 Å². The summed E-state index contributed by atoms with van der Waals surface area (Å²) in [5.41, 5.74) is 0.967. The van der Waals surface area contributed by atoms with Crippen molar-refractivity contribution in [2.75, 3.05) is 68.1 Å². The molecule has 32 heavy (non-hydrogen) atoms. The number of amides is 1. The minimum Gasteiger partial charge on any atom is -0.496 e. The SMILES string of the molecule is CCNC(=NCCc1c(OC)cc(OC)cc1OC)NC1CCN(CC(=O)N(C)C)CC1. The Morgan fingerprint density at radius 2 is 1.75 bits per heavy atom. The second-order valence-electron chi connectivity index (χ2n) is 8.00. The molecule has 2 N–H and O–H groups in total. The van der Waals surface area contributed by atoms with Crippen LogP contribution in [0.1, 0.15) is 25.3 Å². The van der Waals surface area contributed by atoms with E-state index in [-0.39, 0.29) is 5.91 Å². The Hall–Kier alpha value is -2.68. The minimum absolute atomic E-state index is 0.149. The average Bonchev–Trinajstić information content (AvgIpc) is 2.80. The van der Waals surface area contributed by atoms with Gasteiger partial charge in [-0.2, -0.15) is 0 Å². The van der Waals surface area contributed by atoms with Crippen molar-refractivity contribution in [1.82, 2.24) is 20.4 Å². The summed E-state index contributed by atoms with van der Waals surface area (Å²) in [7, 11) is 8.51. The summed E-state index contributed by atoms with van der Waals surface area (Å²) in [5, 5.41) is 6.88. The van der Waals surface area contributed by atoms with E-state index in [9.17, 15) is 4.79 Å². The van der Waals surface area contributed by atoms with Crippen LogP contribution in [-0.4, -0.2) is 95.9 Å². The van der Waals surface area contributed by atoms with Gasteiger partial charge in [0.2, 0.25) is 5.91 Å². The van der Waals surface area contributed by atoms with E-state index in [1.165, 1.54) is 0 Å². The Kier molecular flexibility index (Phi) is 10.4. The van der Waals surface area contributed by atoms with E-state index in [1.54, 1.807) is 40.3 Å². The van der Waals surface area contributed by atoms with Crippen LogP contribution in [0.15, 0.2) is 17.1 Å². The van der Waals surface area contributed by atoms with Crippen molar-refractivity contribution in [2.24, 2.45) is 4.99 Å². The molecule has 1 aromatic carbocycles. The lowest BCUT2D eigenvalue weighted by Gasteiger charge is -2.33. The van der Waals surface area contributed by atoms with Crippen molar-refractivity contribution in [3.8, 4) is 17.2 Å². The number of guanidine groups is 1. The Bertz CT molecular complexity index is 736. The van der Waals surface area contributed by atoms with Gasteiger partial charge < -0.3 is 29.7 Å². The van der Waals surface area contributed by atoms with Crippen LogP contribution in [0.3, 0.4) is 0 Å². The van der Waals surface area contributed by atoms with Gasteiger partial charge in [0.05, 0.1) is 27.9 Å². The van der Waals surface area contributed by atoms with Crippen molar-refractivity contribution in [2.45, 2.75) is 32.2 Å². The van der Waals surface area contributed by atoms with E-state index in [0.29, 0.717) is 31.3 Å². The number of benzene rings is 1. The number of aliphatic imine (C=N–C) groups is 1. The number of carbonyl (C=O) groups excluding carboxylic acids is 1. The third kappa shape index (κ3) is 7.47. The first-order valence-electron chi connectivity index (χ1n) is 11.2. The number of nitrogens with zero attached hydrogens (tertiary/aromatic N) is 3. The lowest BCUT2D eigenvalue weighted by atomic mass is 10.1. The molecule has 0 radical (unpaired) electrons. The molecule has 1 fully saturated rings. The second-order valence-corrected chi connectivity index (χ2v) is 8.00. The maximum atomic E-state index is 11.9. The smallest absolute Gasteiger partial charge is 0.236 e. The lowest BCUT2D eigenvalue weighted by molar-refractivity contribution is -0.130. The fourth-order valence-corrected chi connectivity index (χ4v) is 3.69. The largest absolute Gasteiger partial charge is 0.496 e. The third-order valence-corrected chi connectivity index (χ3v) is 5.58. The Morgan fingerprint density at radius 1 is 1.12 bits per heavy atom. The topological polar surface area (TPSA) is 87.7 Å². The summed E-state index contributed by atoms with van der Waals surface area (Å²) in [6.07, 6.45) is 2.63. The maximum Gasteiger partial charge on any atom is 0.236 e. The maximum absolute atomic E-state index is 11.9. The number of hydrogen-bond acceptors (Lipinski definition) is 6. The molecule has 0 aromatic heterocycles. The highest BCUT2D eigenvalue weighted by Gasteiger charge is 2.22. The van der Waals surface area contributed by atoms with Gasteiger partial charge >= 0.3 is 0 Å². The van der Waals surface area contributed by atoms with Crippen LogP contribution in [0.25, 0.3) is 0 Å². The molecule has 180 valence electrons. The van der Waals surface area contributed by atoms with Crippen LogP contribution in [0, 0.1) is 0 Å². The van der Waals surface area contributed by atoms with Gasteiger partial charge in [0.15, 0.2) is 5.96 Å². The van der Waals surface area contributed by atoms with Gasteiger partial charge in [-0.3, -0.25) is 14.7 Å². The predicted octanol–water partition coefficient (Wildman–Crippen LogP) is 1.36. The number of likely N-dealkylation sites (N-methyl/N-ethyl adjacent to an activating group) is 1. The number of likely N-dealkylation sites (tertiary alicyclic amines) is 1. The number of piperidine rings is 1. The third-order valence-electron chi connectivity index (χ3n) is 5.58. The summed E-state index contributed by atoms with van der Waals surface area (Å²) in [5.74, 6) is 3.11. The van der Waals surface area contributed by atoms with E-state index >= 15 is 0 Å². The van der Waals surface area contributed by atoms with Gasteiger partial charge in [0.1, 0.15) is 17.2 Å². The number of nitrogens with one attached hydrogen (secondary N) is 2. The monoisotopic (exact) mass is 449 g/mol. The van der Waals surface area contributed by atoms with Crippen molar-refractivity contribution in [1.29, 1.82) is 0 Å². The van der Waals surface area contributed by atoms with Crippen LogP contribution in [0.5, 0.6) is 17.2 Å². The molecule has 2 rings (SSSR count). The van der Waals surface area contributed by atoms with Gasteiger partial charge in [-0.05, 0) is 26.2 Å². The Morgan fingerprint density at radius 3 is 2.25 bits per heavy atom. The molecular weight excluding hydrogens is 410 g/mol. The van der Waals surface area contributed by atoms with Crippen molar-refractivity contribution in [3.63, 3.8) is 0 Å². The molecule has 1 heterocycles. The number of ether oxygens (including phenoxy) is 3. The van der Waals surface area contributed by atoms with Gasteiger partial charge in [-0.15, -0.1) is 0 Å². The van der Waals surface area contributed by atoms with E-state index in [4.69, 9.17) is 19.2 Å². The molecule has 1 aliphatic heterocycles. The standard InChI is InChI=1S/C23H39N5O4/c1-7-24-23(26-17-9-12-28(13-10-17)16-22(29)27(2)3)25-11-8-19-20(31-5)14-18(30-4)15-21(19)32-6/h14-15,17H,7-13,16H2,1-6H3,(H2,24,25,26). The molecule has 1 aliphatic rings.